The predicted octanol–water partition coefficient (Wildman–Crippen LogP) is 2.37. The van der Waals surface area contributed by atoms with Gasteiger partial charge in [0, 0.05) is 12.1 Å². The highest BCUT2D eigenvalue weighted by Gasteiger charge is 2.06. The minimum Gasteiger partial charge on any atom is -0.361 e. The van der Waals surface area contributed by atoms with E-state index in [-0.39, 0.29) is 0 Å². The number of hydrogen-bond acceptors (Lipinski definition) is 2. The van der Waals surface area contributed by atoms with E-state index >= 15 is 0 Å². The lowest BCUT2D eigenvalue weighted by molar-refractivity contribution is 0.292. The Morgan fingerprint density at radius 3 is 2.18 bits per heavy atom. The van der Waals surface area contributed by atoms with E-state index in [1.807, 2.05) is 0 Å². The Bertz CT molecular complexity index is 203. The number of hydrogen-bond donors (Lipinski definition) is 2. The molecule has 0 saturated heterocycles. The van der Waals surface area contributed by atoms with E-state index in [0.717, 1.165) is 24.6 Å². The molecule has 0 aliphatic heterocycles. The fraction of sp³-hybridized carbons (Fsp3) is 0.923. The number of nitrogens with zero attached hydrogens (tertiary/aromatic N) is 1. The lowest BCUT2D eigenvalue weighted by atomic mass is 10.2. The lowest BCUT2D eigenvalue weighted by Gasteiger charge is -2.21. The van der Waals surface area contributed by atoms with Crippen LogP contribution in [-0.4, -0.2) is 41.7 Å². The van der Waals surface area contributed by atoms with Crippen molar-refractivity contribution in [2.24, 2.45) is 0 Å². The molecule has 0 rings (SSSR count). The van der Waals surface area contributed by atoms with Crippen LogP contribution in [0.2, 0.25) is 0 Å². The molecule has 0 aromatic carbocycles. The number of rotatable bonds is 8. The number of nitrogens with one attached hydrogen (secondary N) is 2. The van der Waals surface area contributed by atoms with E-state index < -0.39 is 0 Å². The summed E-state index contributed by atoms with van der Waals surface area (Å²) in [5, 5.41) is 7.30. The summed E-state index contributed by atoms with van der Waals surface area (Å²) in [7, 11) is 0. The maximum absolute atomic E-state index is 5.22. The maximum Gasteiger partial charge on any atom is 0.166 e. The molecule has 1 unspecified atom stereocenters. The quantitative estimate of drug-likeness (QED) is 0.655. The zero-order chi connectivity index (χ0) is 13.3. The molecule has 2 N–H and O–H groups in total. The van der Waals surface area contributed by atoms with Crippen molar-refractivity contribution in [3.8, 4) is 0 Å². The molecule has 1 atom stereocenters. The molecule has 3 nitrogen and oxygen atoms in total. The second kappa shape index (κ2) is 9.66. The summed E-state index contributed by atoms with van der Waals surface area (Å²) >= 11 is 5.22. The molecule has 0 aromatic rings. The first-order valence-corrected chi connectivity index (χ1v) is 7.19. The third-order valence-electron chi connectivity index (χ3n) is 2.80. The molecule has 0 aliphatic rings. The van der Waals surface area contributed by atoms with Crippen molar-refractivity contribution in [1.29, 1.82) is 0 Å². The van der Waals surface area contributed by atoms with E-state index in [9.17, 15) is 0 Å². The Morgan fingerprint density at radius 2 is 1.71 bits per heavy atom. The lowest BCUT2D eigenvalue weighted by Crippen LogP contribution is -2.43. The van der Waals surface area contributed by atoms with E-state index in [0.29, 0.717) is 12.1 Å². The van der Waals surface area contributed by atoms with Crippen LogP contribution >= 0.6 is 12.2 Å². The molecule has 0 amide bonds. The van der Waals surface area contributed by atoms with Gasteiger partial charge in [0.25, 0.3) is 0 Å². The molecule has 0 radical (unpaired) electrons. The fourth-order valence-electron chi connectivity index (χ4n) is 1.76. The Hall–Kier alpha value is -0.350. The van der Waals surface area contributed by atoms with Crippen LogP contribution in [0, 0.1) is 0 Å². The summed E-state index contributed by atoms with van der Waals surface area (Å²) in [6, 6.07) is 0.849. The van der Waals surface area contributed by atoms with Gasteiger partial charge >= 0.3 is 0 Å². The van der Waals surface area contributed by atoms with Gasteiger partial charge in [0.2, 0.25) is 0 Å². The number of thiocarbonyl (C=S) groups is 1. The molecular formula is C13H29N3S. The van der Waals surface area contributed by atoms with Crippen molar-refractivity contribution in [3.05, 3.63) is 0 Å². The highest BCUT2D eigenvalue weighted by Crippen LogP contribution is 1.99. The van der Waals surface area contributed by atoms with Crippen LogP contribution in [0.5, 0.6) is 0 Å². The first-order valence-electron chi connectivity index (χ1n) is 6.78. The monoisotopic (exact) mass is 259 g/mol. The normalized spacial score (nSPS) is 12.9. The average Bonchev–Trinajstić information content (AvgIpc) is 2.23. The minimum atomic E-state index is 0.401. The zero-order valence-corrected chi connectivity index (χ0v) is 12.9. The van der Waals surface area contributed by atoms with Gasteiger partial charge in [-0.3, -0.25) is 0 Å². The molecule has 0 aliphatic carbocycles. The van der Waals surface area contributed by atoms with E-state index in [4.69, 9.17) is 12.2 Å². The third-order valence-corrected chi connectivity index (χ3v) is 3.04. The molecule has 4 heteroatoms. The van der Waals surface area contributed by atoms with E-state index in [1.54, 1.807) is 0 Å². The van der Waals surface area contributed by atoms with Crippen molar-refractivity contribution >= 4 is 17.3 Å². The Balaban J connectivity index is 3.65. The van der Waals surface area contributed by atoms with Gasteiger partial charge in [-0.2, -0.15) is 0 Å². The van der Waals surface area contributed by atoms with Crippen molar-refractivity contribution in [3.63, 3.8) is 0 Å². The van der Waals surface area contributed by atoms with Crippen molar-refractivity contribution < 1.29 is 0 Å². The van der Waals surface area contributed by atoms with Gasteiger partial charge in [0.05, 0.1) is 0 Å². The Morgan fingerprint density at radius 1 is 1.12 bits per heavy atom. The molecule has 0 aromatic heterocycles. The molecule has 0 saturated carbocycles. The standard InChI is InChI=1S/C13H29N3S/c1-6-16(7-2)10-8-9-12(5)15-13(17)14-11(3)4/h11-12H,6-10H2,1-5H3,(H2,14,15,17). The highest BCUT2D eigenvalue weighted by molar-refractivity contribution is 7.80. The molecular weight excluding hydrogens is 230 g/mol. The summed E-state index contributed by atoms with van der Waals surface area (Å²) in [6.45, 7) is 14.3. The minimum absolute atomic E-state index is 0.401. The van der Waals surface area contributed by atoms with Gasteiger partial charge in [-0.05, 0) is 65.5 Å². The van der Waals surface area contributed by atoms with Gasteiger partial charge in [-0.15, -0.1) is 0 Å². The maximum atomic E-state index is 5.22. The van der Waals surface area contributed by atoms with Gasteiger partial charge in [-0.1, -0.05) is 13.8 Å². The molecule has 17 heavy (non-hydrogen) atoms. The van der Waals surface area contributed by atoms with Crippen molar-refractivity contribution in [2.75, 3.05) is 19.6 Å². The second-order valence-corrected chi connectivity index (χ2v) is 5.25. The highest BCUT2D eigenvalue weighted by atomic mass is 32.1. The average molecular weight is 259 g/mol. The largest absolute Gasteiger partial charge is 0.361 e. The topological polar surface area (TPSA) is 27.3 Å². The molecule has 0 spiro atoms. The second-order valence-electron chi connectivity index (χ2n) is 4.84. The van der Waals surface area contributed by atoms with Crippen LogP contribution in [0.1, 0.15) is 47.5 Å². The third kappa shape index (κ3) is 9.36. The van der Waals surface area contributed by atoms with Crippen LogP contribution in [0.3, 0.4) is 0 Å². The summed E-state index contributed by atoms with van der Waals surface area (Å²) in [5.41, 5.74) is 0. The summed E-state index contributed by atoms with van der Waals surface area (Å²) in [4.78, 5) is 2.46. The van der Waals surface area contributed by atoms with Gasteiger partial charge < -0.3 is 15.5 Å². The molecule has 0 heterocycles. The molecule has 0 fully saturated rings. The van der Waals surface area contributed by atoms with Crippen LogP contribution in [-0.2, 0) is 0 Å². The molecule has 0 bridgehead atoms. The van der Waals surface area contributed by atoms with Crippen molar-refractivity contribution in [2.45, 2.75) is 59.5 Å². The van der Waals surface area contributed by atoms with Crippen molar-refractivity contribution in [1.82, 2.24) is 15.5 Å². The fourth-order valence-corrected chi connectivity index (χ4v) is 2.20. The summed E-state index contributed by atoms with van der Waals surface area (Å²) in [6.07, 6.45) is 2.39. The Kier molecular flexibility index (Phi) is 9.46. The van der Waals surface area contributed by atoms with E-state index in [1.165, 1.54) is 13.0 Å². The van der Waals surface area contributed by atoms with Gasteiger partial charge in [-0.25, -0.2) is 0 Å². The smallest absolute Gasteiger partial charge is 0.166 e. The first kappa shape index (κ1) is 16.6. The van der Waals surface area contributed by atoms with Gasteiger partial charge in [0.1, 0.15) is 0 Å². The zero-order valence-electron chi connectivity index (χ0n) is 12.0. The predicted molar refractivity (Wildman–Crippen MR) is 80.5 cm³/mol. The van der Waals surface area contributed by atoms with Crippen LogP contribution < -0.4 is 10.6 Å². The summed E-state index contributed by atoms with van der Waals surface area (Å²) in [5.74, 6) is 0. The van der Waals surface area contributed by atoms with Crippen LogP contribution in [0.4, 0.5) is 0 Å². The Labute approximate surface area is 112 Å². The van der Waals surface area contributed by atoms with E-state index in [2.05, 4.69) is 50.2 Å². The SMILES string of the molecule is CCN(CC)CCCC(C)NC(=S)NC(C)C. The van der Waals surface area contributed by atoms with Crippen LogP contribution in [0.15, 0.2) is 0 Å². The molecule has 102 valence electrons. The summed E-state index contributed by atoms with van der Waals surface area (Å²) < 4.78 is 0. The van der Waals surface area contributed by atoms with Gasteiger partial charge in [0.15, 0.2) is 5.11 Å². The van der Waals surface area contributed by atoms with Crippen LogP contribution in [0.25, 0.3) is 0 Å². The first-order chi connectivity index (χ1) is 7.99.